The Bertz CT molecular complexity index is 724. The van der Waals surface area contributed by atoms with E-state index in [0.717, 1.165) is 4.90 Å². The van der Waals surface area contributed by atoms with E-state index in [9.17, 15) is 4.21 Å². The van der Waals surface area contributed by atoms with Gasteiger partial charge in [-0.25, -0.2) is 0 Å². The summed E-state index contributed by atoms with van der Waals surface area (Å²) >= 11 is 0. The van der Waals surface area contributed by atoms with Crippen LogP contribution in [-0.4, -0.2) is 9.96 Å². The van der Waals surface area contributed by atoms with Crippen molar-refractivity contribution in [3.05, 3.63) is 102 Å². The van der Waals surface area contributed by atoms with E-state index < -0.39 is 10.8 Å². The van der Waals surface area contributed by atoms with Gasteiger partial charge in [-0.2, -0.15) is 0 Å². The van der Waals surface area contributed by atoms with Crippen LogP contribution >= 0.6 is 0 Å². The highest BCUT2D eigenvalue weighted by Gasteiger charge is 2.18. The van der Waals surface area contributed by atoms with Gasteiger partial charge in [-0.3, -0.25) is 4.21 Å². The fourth-order valence-electron chi connectivity index (χ4n) is 2.69. The minimum absolute atomic E-state index is 0.138. The maximum Gasteiger partial charge on any atom is 0.0539 e. The average Bonchev–Trinajstić information content (AvgIpc) is 2.61. The summed E-state index contributed by atoms with van der Waals surface area (Å²) in [5, 5.41) is 0. The van der Waals surface area contributed by atoms with E-state index in [0.29, 0.717) is 5.75 Å². The van der Waals surface area contributed by atoms with Gasteiger partial charge in [-0.05, 0) is 30.2 Å². The second-order valence-electron chi connectivity index (χ2n) is 5.70. The van der Waals surface area contributed by atoms with Gasteiger partial charge in [-0.15, -0.1) is 0 Å². The third-order valence-electron chi connectivity index (χ3n) is 4.01. The van der Waals surface area contributed by atoms with E-state index in [2.05, 4.69) is 24.3 Å². The Hall–Kier alpha value is -2.19. The molecule has 1 nitrogen and oxygen atoms in total. The number of hydrogen-bond acceptors (Lipinski definition) is 1. The second-order valence-corrected chi connectivity index (χ2v) is 7.19. The Morgan fingerprint density at radius 1 is 0.739 bits per heavy atom. The topological polar surface area (TPSA) is 17.1 Å². The number of aryl methyl sites for hydroxylation is 1. The first kappa shape index (κ1) is 15.7. The third kappa shape index (κ3) is 3.96. The van der Waals surface area contributed by atoms with Crippen LogP contribution < -0.4 is 0 Å². The zero-order chi connectivity index (χ0) is 16.1. The van der Waals surface area contributed by atoms with Crippen LogP contribution in [0.1, 0.15) is 22.6 Å². The first-order chi connectivity index (χ1) is 11.2. The Morgan fingerprint density at radius 2 is 1.22 bits per heavy atom. The van der Waals surface area contributed by atoms with Crippen LogP contribution in [0.15, 0.2) is 89.8 Å². The molecule has 116 valence electrons. The van der Waals surface area contributed by atoms with Crippen LogP contribution in [0.5, 0.6) is 0 Å². The van der Waals surface area contributed by atoms with E-state index in [4.69, 9.17) is 0 Å². The molecule has 0 aromatic heterocycles. The lowest BCUT2D eigenvalue weighted by Crippen LogP contribution is -2.11. The smallest absolute Gasteiger partial charge is 0.0539 e. The molecule has 2 heteroatoms. The molecule has 0 saturated heterocycles. The molecule has 0 aliphatic carbocycles. The van der Waals surface area contributed by atoms with Crippen molar-refractivity contribution in [1.82, 2.24) is 0 Å². The van der Waals surface area contributed by atoms with Crippen LogP contribution in [0.3, 0.4) is 0 Å². The molecule has 0 saturated carbocycles. The Balaban J connectivity index is 1.90. The molecule has 1 atom stereocenters. The summed E-state index contributed by atoms with van der Waals surface area (Å²) in [6, 6.07) is 28.6. The molecule has 3 rings (SSSR count). The highest BCUT2D eigenvalue weighted by atomic mass is 32.2. The van der Waals surface area contributed by atoms with Gasteiger partial charge in [0.1, 0.15) is 0 Å². The maximum atomic E-state index is 12.8. The maximum absolute atomic E-state index is 12.8. The quantitative estimate of drug-likeness (QED) is 0.651. The number of benzene rings is 3. The minimum Gasteiger partial charge on any atom is -0.254 e. The molecule has 0 amide bonds. The molecule has 0 fully saturated rings. The molecule has 0 heterocycles. The lowest BCUT2D eigenvalue weighted by molar-refractivity contribution is 0.679. The van der Waals surface area contributed by atoms with Gasteiger partial charge in [0.25, 0.3) is 0 Å². The summed E-state index contributed by atoms with van der Waals surface area (Å²) in [4.78, 5) is 0.896. The molecule has 0 aliphatic rings. The standard InChI is InChI=1S/C21H20OS/c1-17-12-14-20(15-13-17)23(22)16-21(18-8-4-2-5-9-18)19-10-6-3-7-11-19/h2-15,21H,16H2,1H3. The van der Waals surface area contributed by atoms with Crippen LogP contribution in [0.2, 0.25) is 0 Å². The molecule has 23 heavy (non-hydrogen) atoms. The lowest BCUT2D eigenvalue weighted by atomic mass is 9.93. The van der Waals surface area contributed by atoms with Gasteiger partial charge in [0.05, 0.1) is 10.8 Å². The van der Waals surface area contributed by atoms with Crippen molar-refractivity contribution in [2.75, 3.05) is 5.75 Å². The van der Waals surface area contributed by atoms with E-state index in [-0.39, 0.29) is 5.92 Å². The SMILES string of the molecule is Cc1ccc(S(=O)CC(c2ccccc2)c2ccccc2)cc1. The van der Waals surface area contributed by atoms with Crippen molar-refractivity contribution < 1.29 is 4.21 Å². The summed E-state index contributed by atoms with van der Waals surface area (Å²) < 4.78 is 12.8. The highest BCUT2D eigenvalue weighted by Crippen LogP contribution is 2.27. The summed E-state index contributed by atoms with van der Waals surface area (Å²) in [5.41, 5.74) is 3.60. The van der Waals surface area contributed by atoms with Gasteiger partial charge >= 0.3 is 0 Å². The van der Waals surface area contributed by atoms with E-state index >= 15 is 0 Å². The Labute approximate surface area is 140 Å². The van der Waals surface area contributed by atoms with Crippen LogP contribution in [0.4, 0.5) is 0 Å². The largest absolute Gasteiger partial charge is 0.254 e. The third-order valence-corrected chi connectivity index (χ3v) is 5.44. The molecule has 3 aromatic rings. The molecule has 1 unspecified atom stereocenters. The molecular formula is C21H20OS. The van der Waals surface area contributed by atoms with E-state index in [1.54, 1.807) is 0 Å². The molecular weight excluding hydrogens is 300 g/mol. The van der Waals surface area contributed by atoms with Gasteiger partial charge < -0.3 is 0 Å². The average molecular weight is 320 g/mol. The molecule has 0 bridgehead atoms. The lowest BCUT2D eigenvalue weighted by Gasteiger charge is -2.18. The van der Waals surface area contributed by atoms with E-state index in [1.807, 2.05) is 67.6 Å². The van der Waals surface area contributed by atoms with Crippen molar-refractivity contribution >= 4 is 10.8 Å². The first-order valence-electron chi connectivity index (χ1n) is 7.79. The number of rotatable bonds is 5. The van der Waals surface area contributed by atoms with Gasteiger partial charge in [0, 0.05) is 16.6 Å². The molecule has 0 N–H and O–H groups in total. The molecule has 0 aliphatic heterocycles. The summed E-state index contributed by atoms with van der Waals surface area (Å²) in [6.07, 6.45) is 0. The minimum atomic E-state index is -1.02. The van der Waals surface area contributed by atoms with Crippen molar-refractivity contribution in [3.63, 3.8) is 0 Å². The summed E-state index contributed by atoms with van der Waals surface area (Å²) in [6.45, 7) is 2.05. The molecule has 0 radical (unpaired) electrons. The summed E-state index contributed by atoms with van der Waals surface area (Å²) in [7, 11) is -1.02. The fourth-order valence-corrected chi connectivity index (χ4v) is 4.01. The van der Waals surface area contributed by atoms with Crippen LogP contribution in [0.25, 0.3) is 0 Å². The van der Waals surface area contributed by atoms with Gasteiger partial charge in [-0.1, -0.05) is 78.4 Å². The fraction of sp³-hybridized carbons (Fsp3) is 0.143. The Kier molecular flexibility index (Phi) is 5.04. The zero-order valence-electron chi connectivity index (χ0n) is 13.2. The first-order valence-corrected chi connectivity index (χ1v) is 9.11. The second kappa shape index (κ2) is 7.38. The number of hydrogen-bond donors (Lipinski definition) is 0. The van der Waals surface area contributed by atoms with Gasteiger partial charge in [0.2, 0.25) is 0 Å². The van der Waals surface area contributed by atoms with Crippen LogP contribution in [-0.2, 0) is 10.8 Å². The monoisotopic (exact) mass is 320 g/mol. The van der Waals surface area contributed by atoms with Crippen molar-refractivity contribution in [3.8, 4) is 0 Å². The highest BCUT2D eigenvalue weighted by molar-refractivity contribution is 7.85. The predicted octanol–water partition coefficient (Wildman–Crippen LogP) is 4.93. The summed E-state index contributed by atoms with van der Waals surface area (Å²) in [5.74, 6) is 0.733. The van der Waals surface area contributed by atoms with Crippen molar-refractivity contribution in [2.45, 2.75) is 17.7 Å². The van der Waals surface area contributed by atoms with Crippen molar-refractivity contribution in [1.29, 1.82) is 0 Å². The van der Waals surface area contributed by atoms with Crippen LogP contribution in [0, 0.1) is 6.92 Å². The molecule has 3 aromatic carbocycles. The predicted molar refractivity (Wildman–Crippen MR) is 97.2 cm³/mol. The van der Waals surface area contributed by atoms with Crippen molar-refractivity contribution in [2.24, 2.45) is 0 Å². The zero-order valence-corrected chi connectivity index (χ0v) is 14.0. The van der Waals surface area contributed by atoms with Gasteiger partial charge in [0.15, 0.2) is 0 Å². The normalized spacial score (nSPS) is 12.3. The molecule has 0 spiro atoms. The van der Waals surface area contributed by atoms with E-state index in [1.165, 1.54) is 16.7 Å². The Morgan fingerprint density at radius 3 is 1.70 bits per heavy atom.